The fourth-order valence-corrected chi connectivity index (χ4v) is 1.32. The third kappa shape index (κ3) is 13.1. The summed E-state index contributed by atoms with van der Waals surface area (Å²) in [6, 6.07) is 0. The van der Waals surface area contributed by atoms with Gasteiger partial charge in [-0.2, -0.15) is 0 Å². The highest BCUT2D eigenvalue weighted by molar-refractivity contribution is 5.79. The van der Waals surface area contributed by atoms with E-state index in [4.69, 9.17) is 14.6 Å². The molecular weight excluding hydrogens is 208 g/mol. The highest BCUT2D eigenvalue weighted by Crippen LogP contribution is 2.05. The van der Waals surface area contributed by atoms with Gasteiger partial charge in [0.05, 0.1) is 0 Å². The van der Waals surface area contributed by atoms with Gasteiger partial charge in [-0.05, 0) is 19.3 Å². The normalized spacial score (nSPS) is 11.1. The second-order valence-electron chi connectivity index (χ2n) is 3.61. The zero-order valence-electron chi connectivity index (χ0n) is 9.98. The van der Waals surface area contributed by atoms with E-state index in [0.717, 1.165) is 38.7 Å². The van der Waals surface area contributed by atoms with Crippen LogP contribution >= 0.6 is 0 Å². The molecule has 0 aromatic rings. The third-order valence-electron chi connectivity index (χ3n) is 2.12. The molecule has 0 bridgehead atoms. The van der Waals surface area contributed by atoms with E-state index in [2.05, 4.69) is 0 Å². The zero-order chi connectivity index (χ0) is 12.1. The molecule has 0 unspecified atom stereocenters. The SMILES string of the molecule is COCOCCCCCCC/C=C/C(=O)O. The molecule has 0 aliphatic carbocycles. The van der Waals surface area contributed by atoms with Gasteiger partial charge in [0.1, 0.15) is 6.79 Å². The summed E-state index contributed by atoms with van der Waals surface area (Å²) in [6.07, 6.45) is 9.38. The van der Waals surface area contributed by atoms with Gasteiger partial charge in [0, 0.05) is 19.8 Å². The summed E-state index contributed by atoms with van der Waals surface area (Å²) in [4.78, 5) is 10.1. The number of allylic oxidation sites excluding steroid dienone is 1. The molecule has 0 amide bonds. The Morgan fingerprint density at radius 2 is 1.88 bits per heavy atom. The smallest absolute Gasteiger partial charge is 0.327 e. The fraction of sp³-hybridized carbons (Fsp3) is 0.750. The van der Waals surface area contributed by atoms with Crippen molar-refractivity contribution in [2.45, 2.75) is 38.5 Å². The summed E-state index contributed by atoms with van der Waals surface area (Å²) in [5.41, 5.74) is 0. The number of carbonyl (C=O) groups is 1. The minimum Gasteiger partial charge on any atom is -0.478 e. The third-order valence-corrected chi connectivity index (χ3v) is 2.12. The predicted octanol–water partition coefficient (Wildman–Crippen LogP) is 2.59. The molecule has 0 atom stereocenters. The van der Waals surface area contributed by atoms with Gasteiger partial charge in [0.15, 0.2) is 0 Å². The summed E-state index contributed by atoms with van der Waals surface area (Å²) in [5.74, 6) is -0.865. The molecule has 4 heteroatoms. The zero-order valence-corrected chi connectivity index (χ0v) is 9.98. The highest BCUT2D eigenvalue weighted by atomic mass is 16.7. The number of carboxylic acid groups (broad SMARTS) is 1. The minimum absolute atomic E-state index is 0.375. The molecule has 0 spiro atoms. The molecule has 4 nitrogen and oxygen atoms in total. The number of hydrogen-bond donors (Lipinski definition) is 1. The first-order chi connectivity index (χ1) is 7.77. The first-order valence-corrected chi connectivity index (χ1v) is 5.73. The molecule has 0 saturated heterocycles. The van der Waals surface area contributed by atoms with Crippen LogP contribution in [0.5, 0.6) is 0 Å². The predicted molar refractivity (Wildman–Crippen MR) is 62.3 cm³/mol. The van der Waals surface area contributed by atoms with E-state index in [1.54, 1.807) is 13.2 Å². The quantitative estimate of drug-likeness (QED) is 0.337. The molecule has 94 valence electrons. The molecule has 16 heavy (non-hydrogen) atoms. The van der Waals surface area contributed by atoms with Crippen LogP contribution in [0.3, 0.4) is 0 Å². The monoisotopic (exact) mass is 230 g/mol. The number of unbranched alkanes of at least 4 members (excludes halogenated alkanes) is 5. The largest absolute Gasteiger partial charge is 0.478 e. The van der Waals surface area contributed by atoms with Gasteiger partial charge in [0.2, 0.25) is 0 Å². The van der Waals surface area contributed by atoms with Gasteiger partial charge in [-0.15, -0.1) is 0 Å². The van der Waals surface area contributed by atoms with E-state index in [9.17, 15) is 4.79 Å². The van der Waals surface area contributed by atoms with Crippen molar-refractivity contribution >= 4 is 5.97 Å². The lowest BCUT2D eigenvalue weighted by Crippen LogP contribution is -1.98. The van der Waals surface area contributed by atoms with Crippen LogP contribution in [-0.4, -0.2) is 31.6 Å². The molecule has 0 aromatic carbocycles. The number of rotatable bonds is 11. The van der Waals surface area contributed by atoms with Gasteiger partial charge < -0.3 is 14.6 Å². The summed E-state index contributed by atoms with van der Waals surface area (Å²) in [6.45, 7) is 1.13. The number of ether oxygens (including phenoxy) is 2. The number of aliphatic carboxylic acids is 1. The van der Waals surface area contributed by atoms with Crippen LogP contribution in [-0.2, 0) is 14.3 Å². The van der Waals surface area contributed by atoms with Gasteiger partial charge in [0.25, 0.3) is 0 Å². The average Bonchev–Trinajstić information content (AvgIpc) is 2.25. The fourth-order valence-electron chi connectivity index (χ4n) is 1.32. The second-order valence-corrected chi connectivity index (χ2v) is 3.61. The molecular formula is C12H22O4. The molecule has 0 radical (unpaired) electrons. The summed E-state index contributed by atoms with van der Waals surface area (Å²) >= 11 is 0. The van der Waals surface area contributed by atoms with Crippen molar-refractivity contribution in [2.75, 3.05) is 20.5 Å². The van der Waals surface area contributed by atoms with Crippen LogP contribution in [0.25, 0.3) is 0 Å². The first kappa shape index (κ1) is 15.1. The van der Waals surface area contributed by atoms with Gasteiger partial charge >= 0.3 is 5.97 Å². The van der Waals surface area contributed by atoms with E-state index in [1.165, 1.54) is 12.5 Å². The van der Waals surface area contributed by atoms with Crippen molar-refractivity contribution in [2.24, 2.45) is 0 Å². The lowest BCUT2D eigenvalue weighted by Gasteiger charge is -2.02. The Hall–Kier alpha value is -0.870. The van der Waals surface area contributed by atoms with Gasteiger partial charge in [-0.1, -0.05) is 25.3 Å². The van der Waals surface area contributed by atoms with Crippen molar-refractivity contribution in [3.05, 3.63) is 12.2 Å². The Balaban J connectivity index is 3.01. The average molecular weight is 230 g/mol. The molecule has 0 saturated carbocycles. The molecule has 0 heterocycles. The highest BCUT2D eigenvalue weighted by Gasteiger charge is 1.91. The Labute approximate surface area is 97.2 Å². The Bertz CT molecular complexity index is 189. The number of carboxylic acids is 1. The molecule has 1 N–H and O–H groups in total. The van der Waals surface area contributed by atoms with Crippen LogP contribution in [0.15, 0.2) is 12.2 Å². The Morgan fingerprint density at radius 3 is 2.56 bits per heavy atom. The number of methoxy groups -OCH3 is 1. The first-order valence-electron chi connectivity index (χ1n) is 5.73. The topological polar surface area (TPSA) is 55.8 Å². The van der Waals surface area contributed by atoms with Crippen LogP contribution in [0.1, 0.15) is 38.5 Å². The van der Waals surface area contributed by atoms with Crippen LogP contribution in [0.4, 0.5) is 0 Å². The van der Waals surface area contributed by atoms with Crippen molar-refractivity contribution in [1.29, 1.82) is 0 Å². The van der Waals surface area contributed by atoms with Crippen molar-refractivity contribution in [1.82, 2.24) is 0 Å². The molecule has 0 aliphatic heterocycles. The van der Waals surface area contributed by atoms with Crippen LogP contribution in [0, 0.1) is 0 Å². The summed E-state index contributed by atoms with van der Waals surface area (Å²) < 4.78 is 9.91. The molecule has 0 aliphatic rings. The minimum atomic E-state index is -0.865. The van der Waals surface area contributed by atoms with Gasteiger partial charge in [-0.25, -0.2) is 4.79 Å². The molecule has 0 fully saturated rings. The van der Waals surface area contributed by atoms with Crippen molar-refractivity contribution in [3.8, 4) is 0 Å². The second kappa shape index (κ2) is 12.2. The maximum Gasteiger partial charge on any atom is 0.327 e. The van der Waals surface area contributed by atoms with Crippen molar-refractivity contribution in [3.63, 3.8) is 0 Å². The number of hydrogen-bond acceptors (Lipinski definition) is 3. The van der Waals surface area contributed by atoms with Crippen LogP contribution in [0.2, 0.25) is 0 Å². The molecule has 0 aromatic heterocycles. The Kier molecular flexibility index (Phi) is 11.5. The van der Waals surface area contributed by atoms with E-state index >= 15 is 0 Å². The lowest BCUT2D eigenvalue weighted by atomic mass is 10.1. The lowest BCUT2D eigenvalue weighted by molar-refractivity contribution is -0.131. The van der Waals surface area contributed by atoms with E-state index in [0.29, 0.717) is 6.79 Å². The van der Waals surface area contributed by atoms with E-state index < -0.39 is 5.97 Å². The maximum atomic E-state index is 10.1. The van der Waals surface area contributed by atoms with E-state index in [1.807, 2.05) is 0 Å². The summed E-state index contributed by atoms with van der Waals surface area (Å²) in [5, 5.41) is 8.35. The van der Waals surface area contributed by atoms with E-state index in [-0.39, 0.29) is 0 Å². The standard InChI is InChI=1S/C12H22O4/c1-15-11-16-10-8-6-4-2-3-5-7-9-12(13)14/h7,9H,2-6,8,10-11H2,1H3,(H,13,14)/b9-7+. The van der Waals surface area contributed by atoms with Crippen molar-refractivity contribution < 1.29 is 19.4 Å². The molecule has 0 rings (SSSR count). The van der Waals surface area contributed by atoms with Crippen LogP contribution < -0.4 is 0 Å². The Morgan fingerprint density at radius 1 is 1.19 bits per heavy atom. The maximum absolute atomic E-state index is 10.1. The summed E-state index contributed by atoms with van der Waals surface area (Å²) in [7, 11) is 1.62. The van der Waals surface area contributed by atoms with Gasteiger partial charge in [-0.3, -0.25) is 0 Å².